The molecule has 96 valence electrons. The number of nitrogens with two attached hydrogens (primary N) is 1. The van der Waals surface area contributed by atoms with Gasteiger partial charge in [-0.15, -0.1) is 11.8 Å². The van der Waals surface area contributed by atoms with E-state index in [0.717, 1.165) is 31.7 Å². The fourth-order valence-electron chi connectivity index (χ4n) is 1.67. The van der Waals surface area contributed by atoms with E-state index in [-0.39, 0.29) is 0 Å². The SMILES string of the molecule is CCSc1cccc(Sc2ccccc2N)c1C#N. The highest BCUT2D eigenvalue weighted by molar-refractivity contribution is 8.00. The third kappa shape index (κ3) is 3.25. The van der Waals surface area contributed by atoms with Gasteiger partial charge < -0.3 is 5.73 Å². The number of hydrogen-bond acceptors (Lipinski definition) is 4. The maximum Gasteiger partial charge on any atom is 0.101 e. The molecular formula is C15H14N2S2. The van der Waals surface area contributed by atoms with E-state index < -0.39 is 0 Å². The summed E-state index contributed by atoms with van der Waals surface area (Å²) >= 11 is 3.23. The number of benzene rings is 2. The highest BCUT2D eigenvalue weighted by Crippen LogP contribution is 2.37. The van der Waals surface area contributed by atoms with Crippen molar-refractivity contribution < 1.29 is 0 Å². The van der Waals surface area contributed by atoms with Gasteiger partial charge in [0.25, 0.3) is 0 Å². The Morgan fingerprint density at radius 1 is 1.05 bits per heavy atom. The maximum absolute atomic E-state index is 9.37. The van der Waals surface area contributed by atoms with E-state index in [1.807, 2.05) is 42.5 Å². The normalized spacial score (nSPS) is 10.1. The van der Waals surface area contributed by atoms with E-state index in [2.05, 4.69) is 13.0 Å². The first-order valence-electron chi connectivity index (χ1n) is 5.94. The Labute approximate surface area is 122 Å². The van der Waals surface area contributed by atoms with E-state index in [4.69, 9.17) is 5.73 Å². The lowest BCUT2D eigenvalue weighted by Crippen LogP contribution is -1.90. The van der Waals surface area contributed by atoms with Crippen LogP contribution >= 0.6 is 23.5 Å². The Kier molecular flexibility index (Phi) is 4.78. The van der Waals surface area contributed by atoms with Crippen molar-refractivity contribution in [3.05, 3.63) is 48.0 Å². The minimum Gasteiger partial charge on any atom is -0.398 e. The Balaban J connectivity index is 2.38. The van der Waals surface area contributed by atoms with Gasteiger partial charge in [-0.2, -0.15) is 5.26 Å². The van der Waals surface area contributed by atoms with Gasteiger partial charge in [0.05, 0.1) is 5.56 Å². The van der Waals surface area contributed by atoms with Gasteiger partial charge in [-0.3, -0.25) is 0 Å². The summed E-state index contributed by atoms with van der Waals surface area (Å²) in [4.78, 5) is 2.97. The fourth-order valence-corrected chi connectivity index (χ4v) is 3.50. The molecule has 2 aromatic carbocycles. The Bertz CT molecular complexity index is 618. The molecule has 0 unspecified atom stereocenters. The van der Waals surface area contributed by atoms with Crippen LogP contribution in [0, 0.1) is 11.3 Å². The van der Waals surface area contributed by atoms with Gasteiger partial charge in [0.15, 0.2) is 0 Å². The van der Waals surface area contributed by atoms with Crippen molar-refractivity contribution in [2.24, 2.45) is 0 Å². The molecule has 4 heteroatoms. The monoisotopic (exact) mass is 286 g/mol. The van der Waals surface area contributed by atoms with Crippen LogP contribution in [0.2, 0.25) is 0 Å². The van der Waals surface area contributed by atoms with Crippen LogP contribution in [0.4, 0.5) is 5.69 Å². The quantitative estimate of drug-likeness (QED) is 0.668. The van der Waals surface area contributed by atoms with E-state index in [1.54, 1.807) is 23.5 Å². The van der Waals surface area contributed by atoms with E-state index >= 15 is 0 Å². The second-order valence-electron chi connectivity index (χ2n) is 3.81. The van der Waals surface area contributed by atoms with Gasteiger partial charge >= 0.3 is 0 Å². The number of nitriles is 1. The first-order chi connectivity index (χ1) is 9.26. The molecule has 0 radical (unpaired) electrons. The van der Waals surface area contributed by atoms with E-state index in [1.165, 1.54) is 0 Å². The number of anilines is 1. The Morgan fingerprint density at radius 2 is 1.74 bits per heavy atom. The van der Waals surface area contributed by atoms with Crippen LogP contribution in [0.25, 0.3) is 0 Å². The third-order valence-electron chi connectivity index (χ3n) is 2.54. The molecule has 0 amide bonds. The summed E-state index contributed by atoms with van der Waals surface area (Å²) in [6, 6.07) is 16.0. The molecular weight excluding hydrogens is 272 g/mol. The number of nitrogen functional groups attached to an aromatic ring is 1. The molecule has 0 aliphatic carbocycles. The van der Waals surface area contributed by atoms with Crippen molar-refractivity contribution in [3.8, 4) is 6.07 Å². The van der Waals surface area contributed by atoms with Crippen LogP contribution in [0.5, 0.6) is 0 Å². The molecule has 0 saturated heterocycles. The molecule has 0 aliphatic heterocycles. The molecule has 0 atom stereocenters. The third-order valence-corrected chi connectivity index (χ3v) is 4.63. The summed E-state index contributed by atoms with van der Waals surface area (Å²) in [5, 5.41) is 9.37. The van der Waals surface area contributed by atoms with Crippen LogP contribution in [-0.4, -0.2) is 5.75 Å². The van der Waals surface area contributed by atoms with Crippen LogP contribution in [-0.2, 0) is 0 Å². The number of thioether (sulfide) groups is 1. The van der Waals surface area contributed by atoms with Gasteiger partial charge in [-0.1, -0.05) is 36.9 Å². The zero-order chi connectivity index (χ0) is 13.7. The molecule has 0 spiro atoms. The van der Waals surface area contributed by atoms with Crippen molar-refractivity contribution in [3.63, 3.8) is 0 Å². The molecule has 0 fully saturated rings. The summed E-state index contributed by atoms with van der Waals surface area (Å²) < 4.78 is 0. The molecule has 2 rings (SSSR count). The molecule has 0 aliphatic rings. The topological polar surface area (TPSA) is 49.8 Å². The minimum absolute atomic E-state index is 0.739. The van der Waals surface area contributed by atoms with E-state index in [9.17, 15) is 5.26 Å². The average Bonchev–Trinajstić information content (AvgIpc) is 2.42. The first kappa shape index (κ1) is 13.9. The molecule has 2 nitrogen and oxygen atoms in total. The molecule has 0 heterocycles. The predicted octanol–water partition coefficient (Wildman–Crippen LogP) is 4.40. The molecule has 0 aromatic heterocycles. The number of hydrogen-bond donors (Lipinski definition) is 1. The highest BCUT2D eigenvalue weighted by Gasteiger charge is 2.10. The van der Waals surface area contributed by atoms with Gasteiger partial charge in [0.2, 0.25) is 0 Å². The summed E-state index contributed by atoms with van der Waals surface area (Å²) in [7, 11) is 0. The zero-order valence-corrected chi connectivity index (χ0v) is 12.2. The zero-order valence-electron chi connectivity index (χ0n) is 10.6. The highest BCUT2D eigenvalue weighted by atomic mass is 32.2. The minimum atomic E-state index is 0.739. The maximum atomic E-state index is 9.37. The summed E-state index contributed by atoms with van der Waals surface area (Å²) in [5.74, 6) is 0.955. The largest absolute Gasteiger partial charge is 0.398 e. The van der Waals surface area contributed by atoms with Crippen molar-refractivity contribution in [2.45, 2.75) is 21.6 Å². The van der Waals surface area contributed by atoms with E-state index in [0.29, 0.717) is 0 Å². The molecule has 2 aromatic rings. The number of nitrogens with zero attached hydrogens (tertiary/aromatic N) is 1. The van der Waals surface area contributed by atoms with Gasteiger partial charge in [-0.25, -0.2) is 0 Å². The van der Waals surface area contributed by atoms with Gasteiger partial charge in [-0.05, 0) is 30.0 Å². The van der Waals surface area contributed by atoms with Crippen molar-refractivity contribution in [1.29, 1.82) is 5.26 Å². The molecule has 2 N–H and O–H groups in total. The molecule has 0 bridgehead atoms. The standard InChI is InChI=1S/C15H14N2S2/c1-2-18-13-8-5-9-14(11(13)10-16)19-15-7-4-3-6-12(15)17/h3-9H,2,17H2,1H3. The van der Waals surface area contributed by atoms with Gasteiger partial charge in [0.1, 0.15) is 6.07 Å². The second-order valence-corrected chi connectivity index (χ2v) is 6.20. The second kappa shape index (κ2) is 6.55. The van der Waals surface area contributed by atoms with Crippen molar-refractivity contribution in [1.82, 2.24) is 0 Å². The molecule has 19 heavy (non-hydrogen) atoms. The summed E-state index contributed by atoms with van der Waals surface area (Å²) in [5.41, 5.74) is 7.43. The first-order valence-corrected chi connectivity index (χ1v) is 7.74. The molecule has 0 saturated carbocycles. The van der Waals surface area contributed by atoms with Gasteiger partial charge in [0, 0.05) is 20.4 Å². The summed E-state index contributed by atoms with van der Waals surface area (Å²) in [6.45, 7) is 2.08. The average molecular weight is 286 g/mol. The smallest absolute Gasteiger partial charge is 0.101 e. The van der Waals surface area contributed by atoms with Crippen LogP contribution < -0.4 is 5.73 Å². The Morgan fingerprint density at radius 3 is 2.42 bits per heavy atom. The fraction of sp³-hybridized carbons (Fsp3) is 0.133. The lowest BCUT2D eigenvalue weighted by molar-refractivity contribution is 1.25. The van der Waals surface area contributed by atoms with Crippen LogP contribution in [0.15, 0.2) is 57.2 Å². The summed E-state index contributed by atoms with van der Waals surface area (Å²) in [6.07, 6.45) is 0. The lowest BCUT2D eigenvalue weighted by atomic mass is 10.2. The van der Waals surface area contributed by atoms with Crippen LogP contribution in [0.1, 0.15) is 12.5 Å². The predicted molar refractivity (Wildman–Crippen MR) is 82.5 cm³/mol. The lowest BCUT2D eigenvalue weighted by Gasteiger charge is -2.09. The number of para-hydroxylation sites is 1. The van der Waals surface area contributed by atoms with Crippen LogP contribution in [0.3, 0.4) is 0 Å². The van der Waals surface area contributed by atoms with Crippen molar-refractivity contribution >= 4 is 29.2 Å². The Hall–Kier alpha value is -1.57. The van der Waals surface area contributed by atoms with Crippen molar-refractivity contribution in [2.75, 3.05) is 11.5 Å². The number of rotatable bonds is 4.